The molecule has 118 valence electrons. The average molecular weight is 301 g/mol. The molecule has 5 nitrogen and oxygen atoms in total. The molecule has 2 amide bonds. The molecule has 1 saturated heterocycles. The molecule has 1 aliphatic heterocycles. The molecule has 2 aliphatic rings. The first kappa shape index (κ1) is 15.0. The first-order chi connectivity index (χ1) is 10.6. The van der Waals surface area contributed by atoms with Crippen LogP contribution in [0.5, 0.6) is 0 Å². The first-order valence-corrected chi connectivity index (χ1v) is 8.02. The largest absolute Gasteiger partial charge is 0.344 e. The van der Waals surface area contributed by atoms with Crippen molar-refractivity contribution in [2.45, 2.75) is 44.3 Å². The molecule has 0 radical (unpaired) electrons. The molecule has 2 fully saturated rings. The molecule has 1 aromatic carbocycles. The van der Waals surface area contributed by atoms with Crippen LogP contribution in [0.1, 0.15) is 31.2 Å². The lowest BCUT2D eigenvalue weighted by Gasteiger charge is -2.18. The normalized spacial score (nSPS) is 28.1. The SMILES string of the molecule is NC1CCC(C(=O)NC2CCN(Cc3ccccc3)C2=O)C1. The van der Waals surface area contributed by atoms with Gasteiger partial charge in [0.1, 0.15) is 6.04 Å². The number of nitrogens with two attached hydrogens (primary N) is 1. The van der Waals surface area contributed by atoms with Crippen molar-refractivity contribution in [1.82, 2.24) is 10.2 Å². The lowest BCUT2D eigenvalue weighted by atomic mass is 10.1. The number of rotatable bonds is 4. The molecular formula is C17H23N3O2. The lowest BCUT2D eigenvalue weighted by Crippen LogP contribution is -2.43. The van der Waals surface area contributed by atoms with Gasteiger partial charge in [-0.05, 0) is 31.2 Å². The fourth-order valence-corrected chi connectivity index (χ4v) is 3.38. The van der Waals surface area contributed by atoms with E-state index in [1.165, 1.54) is 0 Å². The van der Waals surface area contributed by atoms with Gasteiger partial charge in [-0.3, -0.25) is 9.59 Å². The molecule has 1 aliphatic carbocycles. The number of likely N-dealkylation sites (tertiary alicyclic amines) is 1. The summed E-state index contributed by atoms with van der Waals surface area (Å²) in [6, 6.07) is 9.69. The van der Waals surface area contributed by atoms with Crippen LogP contribution in [-0.4, -0.2) is 35.3 Å². The molecule has 1 aromatic rings. The summed E-state index contributed by atoms with van der Waals surface area (Å²) in [6.45, 7) is 1.31. The van der Waals surface area contributed by atoms with E-state index in [1.807, 2.05) is 35.2 Å². The number of hydrogen-bond donors (Lipinski definition) is 2. The number of carbonyl (C=O) groups is 2. The maximum atomic E-state index is 12.4. The molecule has 1 saturated carbocycles. The zero-order valence-corrected chi connectivity index (χ0v) is 12.7. The maximum absolute atomic E-state index is 12.4. The Labute approximate surface area is 130 Å². The molecule has 22 heavy (non-hydrogen) atoms. The third-order valence-electron chi connectivity index (χ3n) is 4.67. The summed E-state index contributed by atoms with van der Waals surface area (Å²) in [7, 11) is 0. The smallest absolute Gasteiger partial charge is 0.245 e. The standard InChI is InChI=1S/C17H23N3O2/c18-14-7-6-13(10-14)16(21)19-15-8-9-20(17(15)22)11-12-4-2-1-3-5-12/h1-5,13-15H,6-11,18H2,(H,19,21). The Morgan fingerprint density at radius 3 is 2.68 bits per heavy atom. The third kappa shape index (κ3) is 3.30. The summed E-state index contributed by atoms with van der Waals surface area (Å²) in [6.07, 6.45) is 3.16. The van der Waals surface area contributed by atoms with Crippen LogP contribution in [0.4, 0.5) is 0 Å². The van der Waals surface area contributed by atoms with Crippen molar-refractivity contribution in [3.63, 3.8) is 0 Å². The van der Waals surface area contributed by atoms with Crippen LogP contribution < -0.4 is 11.1 Å². The number of hydrogen-bond acceptors (Lipinski definition) is 3. The summed E-state index contributed by atoms with van der Waals surface area (Å²) in [5, 5.41) is 2.92. The molecule has 0 bridgehead atoms. The summed E-state index contributed by atoms with van der Waals surface area (Å²) in [5.74, 6) is -0.00154. The molecule has 3 unspecified atom stereocenters. The first-order valence-electron chi connectivity index (χ1n) is 8.02. The van der Waals surface area contributed by atoms with Crippen molar-refractivity contribution in [1.29, 1.82) is 0 Å². The predicted octanol–water partition coefficient (Wildman–Crippen LogP) is 1.03. The average Bonchev–Trinajstić information content (AvgIpc) is 3.09. The van der Waals surface area contributed by atoms with E-state index in [-0.39, 0.29) is 29.8 Å². The van der Waals surface area contributed by atoms with Gasteiger partial charge in [-0.1, -0.05) is 30.3 Å². The van der Waals surface area contributed by atoms with Gasteiger partial charge in [0, 0.05) is 25.0 Å². The van der Waals surface area contributed by atoms with Gasteiger partial charge < -0.3 is 16.0 Å². The Morgan fingerprint density at radius 2 is 2.00 bits per heavy atom. The molecule has 3 N–H and O–H groups in total. The van der Waals surface area contributed by atoms with Crippen LogP contribution in [0.25, 0.3) is 0 Å². The zero-order chi connectivity index (χ0) is 15.5. The minimum absolute atomic E-state index is 0.00661. The Morgan fingerprint density at radius 1 is 1.23 bits per heavy atom. The van der Waals surface area contributed by atoms with Crippen molar-refractivity contribution >= 4 is 11.8 Å². The number of nitrogens with one attached hydrogen (secondary N) is 1. The number of carbonyl (C=O) groups excluding carboxylic acids is 2. The van der Waals surface area contributed by atoms with Crippen LogP contribution in [0.3, 0.4) is 0 Å². The summed E-state index contributed by atoms with van der Waals surface area (Å²) in [5.41, 5.74) is 6.97. The van der Waals surface area contributed by atoms with Crippen LogP contribution in [0.2, 0.25) is 0 Å². The molecule has 1 heterocycles. The van der Waals surface area contributed by atoms with Gasteiger partial charge in [0.05, 0.1) is 0 Å². The van der Waals surface area contributed by atoms with Crippen LogP contribution in [-0.2, 0) is 16.1 Å². The van der Waals surface area contributed by atoms with Crippen LogP contribution in [0, 0.1) is 5.92 Å². The van der Waals surface area contributed by atoms with Gasteiger partial charge in [0.25, 0.3) is 0 Å². The van der Waals surface area contributed by atoms with E-state index in [0.717, 1.165) is 24.8 Å². The zero-order valence-electron chi connectivity index (χ0n) is 12.7. The quantitative estimate of drug-likeness (QED) is 0.872. The Balaban J connectivity index is 1.54. The van der Waals surface area contributed by atoms with E-state index in [0.29, 0.717) is 19.5 Å². The van der Waals surface area contributed by atoms with Crippen molar-refractivity contribution in [3.8, 4) is 0 Å². The van der Waals surface area contributed by atoms with E-state index in [1.54, 1.807) is 0 Å². The van der Waals surface area contributed by atoms with Gasteiger partial charge in [-0.25, -0.2) is 0 Å². The van der Waals surface area contributed by atoms with E-state index in [9.17, 15) is 9.59 Å². The summed E-state index contributed by atoms with van der Waals surface area (Å²) in [4.78, 5) is 26.5. The fraction of sp³-hybridized carbons (Fsp3) is 0.529. The van der Waals surface area contributed by atoms with Gasteiger partial charge in [-0.15, -0.1) is 0 Å². The van der Waals surface area contributed by atoms with Gasteiger partial charge >= 0.3 is 0 Å². The highest BCUT2D eigenvalue weighted by Crippen LogP contribution is 2.25. The summed E-state index contributed by atoms with van der Waals surface area (Å²) >= 11 is 0. The van der Waals surface area contributed by atoms with Crippen LogP contribution >= 0.6 is 0 Å². The predicted molar refractivity (Wildman–Crippen MR) is 83.7 cm³/mol. The van der Waals surface area contributed by atoms with Crippen molar-refractivity contribution in [2.24, 2.45) is 11.7 Å². The highest BCUT2D eigenvalue weighted by Gasteiger charge is 2.35. The number of benzene rings is 1. The highest BCUT2D eigenvalue weighted by atomic mass is 16.2. The highest BCUT2D eigenvalue weighted by molar-refractivity contribution is 5.90. The van der Waals surface area contributed by atoms with Crippen LogP contribution in [0.15, 0.2) is 30.3 Å². The molecule has 5 heteroatoms. The Kier molecular flexibility index (Phi) is 4.43. The Bertz CT molecular complexity index is 546. The molecule has 3 atom stereocenters. The van der Waals surface area contributed by atoms with E-state index < -0.39 is 0 Å². The lowest BCUT2D eigenvalue weighted by molar-refractivity contribution is -0.134. The second-order valence-electron chi connectivity index (χ2n) is 6.37. The molecule has 0 aromatic heterocycles. The van der Waals surface area contributed by atoms with Gasteiger partial charge in [-0.2, -0.15) is 0 Å². The monoisotopic (exact) mass is 301 g/mol. The summed E-state index contributed by atoms with van der Waals surface area (Å²) < 4.78 is 0. The van der Waals surface area contributed by atoms with Crippen molar-refractivity contribution in [2.75, 3.05) is 6.54 Å². The van der Waals surface area contributed by atoms with E-state index in [4.69, 9.17) is 5.73 Å². The second-order valence-corrected chi connectivity index (χ2v) is 6.37. The third-order valence-corrected chi connectivity index (χ3v) is 4.67. The minimum Gasteiger partial charge on any atom is -0.344 e. The molecular weight excluding hydrogens is 278 g/mol. The Hall–Kier alpha value is -1.88. The fourth-order valence-electron chi connectivity index (χ4n) is 3.38. The van der Waals surface area contributed by atoms with Gasteiger partial charge in [0.2, 0.25) is 11.8 Å². The minimum atomic E-state index is -0.368. The number of amides is 2. The topological polar surface area (TPSA) is 75.4 Å². The van der Waals surface area contributed by atoms with Crippen molar-refractivity contribution in [3.05, 3.63) is 35.9 Å². The maximum Gasteiger partial charge on any atom is 0.245 e. The van der Waals surface area contributed by atoms with Crippen molar-refractivity contribution < 1.29 is 9.59 Å². The van der Waals surface area contributed by atoms with Gasteiger partial charge in [0.15, 0.2) is 0 Å². The van der Waals surface area contributed by atoms with E-state index in [2.05, 4.69) is 5.32 Å². The molecule has 3 rings (SSSR count). The molecule has 0 spiro atoms. The number of nitrogens with zero attached hydrogens (tertiary/aromatic N) is 1. The van der Waals surface area contributed by atoms with E-state index >= 15 is 0 Å². The second kappa shape index (κ2) is 6.48.